The van der Waals surface area contributed by atoms with E-state index < -0.39 is 0 Å². The van der Waals surface area contributed by atoms with Gasteiger partial charge in [-0.3, -0.25) is 4.79 Å². The number of hydrogen-bond acceptors (Lipinski definition) is 3. The quantitative estimate of drug-likeness (QED) is 0.665. The minimum absolute atomic E-state index is 0.255. The van der Waals surface area contributed by atoms with E-state index in [1.807, 2.05) is 34.9 Å². The summed E-state index contributed by atoms with van der Waals surface area (Å²) in [7, 11) is 0. The number of nitrogen functional groups attached to an aromatic ring is 1. The zero-order valence-corrected chi connectivity index (χ0v) is 12.3. The summed E-state index contributed by atoms with van der Waals surface area (Å²) in [6.45, 7) is 2.99. The van der Waals surface area contributed by atoms with Crippen molar-refractivity contribution in [2.24, 2.45) is 0 Å². The lowest BCUT2D eigenvalue weighted by atomic mass is 10.1. The first kappa shape index (κ1) is 14.3. The molecule has 2 rings (SSSR count). The van der Waals surface area contributed by atoms with E-state index in [-0.39, 0.29) is 5.91 Å². The molecule has 1 aliphatic rings. The largest absolute Gasteiger partial charge is 0.399 e. The van der Waals surface area contributed by atoms with Crippen molar-refractivity contribution >= 4 is 29.0 Å². The summed E-state index contributed by atoms with van der Waals surface area (Å²) < 4.78 is 0. The van der Waals surface area contributed by atoms with E-state index in [1.165, 1.54) is 5.56 Å². The average Bonchev–Trinajstić information content (AvgIpc) is 2.54. The standard InChI is InChI=1S/C15H22N2OS/c1-2-19-10-4-9-17-14-8-7-13(16)11-12(14)5-3-6-15(17)18/h7-8,11H,2-6,9-10,16H2,1H3. The summed E-state index contributed by atoms with van der Waals surface area (Å²) >= 11 is 1.93. The molecule has 1 aliphatic heterocycles. The Morgan fingerprint density at radius 1 is 1.37 bits per heavy atom. The number of carbonyl (C=O) groups is 1. The lowest BCUT2D eigenvalue weighted by Gasteiger charge is -2.23. The van der Waals surface area contributed by atoms with Gasteiger partial charge >= 0.3 is 0 Å². The monoisotopic (exact) mass is 278 g/mol. The van der Waals surface area contributed by atoms with Crippen LogP contribution in [0.2, 0.25) is 0 Å². The van der Waals surface area contributed by atoms with Crippen LogP contribution in [-0.4, -0.2) is 24.0 Å². The molecule has 0 saturated heterocycles. The zero-order chi connectivity index (χ0) is 13.7. The summed E-state index contributed by atoms with van der Waals surface area (Å²) in [6, 6.07) is 5.91. The first-order valence-corrected chi connectivity index (χ1v) is 8.14. The number of anilines is 2. The number of benzene rings is 1. The second-order valence-corrected chi connectivity index (χ2v) is 6.23. The number of aryl methyl sites for hydroxylation is 1. The Hall–Kier alpha value is -1.16. The van der Waals surface area contributed by atoms with Crippen molar-refractivity contribution in [3.8, 4) is 0 Å². The minimum Gasteiger partial charge on any atom is -0.399 e. The molecule has 19 heavy (non-hydrogen) atoms. The molecular formula is C15H22N2OS. The van der Waals surface area contributed by atoms with Gasteiger partial charge in [0.25, 0.3) is 0 Å². The fourth-order valence-corrected chi connectivity index (χ4v) is 3.10. The van der Waals surface area contributed by atoms with Crippen LogP contribution >= 0.6 is 11.8 Å². The van der Waals surface area contributed by atoms with Crippen LogP contribution in [0.5, 0.6) is 0 Å². The van der Waals surface area contributed by atoms with Crippen molar-refractivity contribution in [1.29, 1.82) is 0 Å². The number of fused-ring (bicyclic) bond motifs is 1. The lowest BCUT2D eigenvalue weighted by Crippen LogP contribution is -2.31. The normalized spacial score (nSPS) is 15.2. The summed E-state index contributed by atoms with van der Waals surface area (Å²) in [4.78, 5) is 14.2. The van der Waals surface area contributed by atoms with Gasteiger partial charge in [0.2, 0.25) is 5.91 Å². The van der Waals surface area contributed by atoms with Gasteiger partial charge in [0.05, 0.1) is 0 Å². The third kappa shape index (κ3) is 3.66. The third-order valence-corrected chi connectivity index (χ3v) is 4.39. The Morgan fingerprint density at radius 3 is 3.00 bits per heavy atom. The number of hydrogen-bond donors (Lipinski definition) is 1. The van der Waals surface area contributed by atoms with Crippen molar-refractivity contribution < 1.29 is 4.79 Å². The van der Waals surface area contributed by atoms with Gasteiger partial charge in [0, 0.05) is 24.3 Å². The van der Waals surface area contributed by atoms with Crippen molar-refractivity contribution in [3.63, 3.8) is 0 Å². The minimum atomic E-state index is 0.255. The lowest BCUT2D eigenvalue weighted by molar-refractivity contribution is -0.118. The van der Waals surface area contributed by atoms with Crippen LogP contribution in [-0.2, 0) is 11.2 Å². The molecule has 104 valence electrons. The number of rotatable bonds is 5. The Bertz CT molecular complexity index is 448. The molecule has 2 N–H and O–H groups in total. The Kier molecular flexibility index (Phi) is 5.14. The Morgan fingerprint density at radius 2 is 2.21 bits per heavy atom. The van der Waals surface area contributed by atoms with Crippen LogP contribution < -0.4 is 10.6 Å². The molecule has 0 aromatic heterocycles. The highest BCUT2D eigenvalue weighted by Crippen LogP contribution is 2.29. The van der Waals surface area contributed by atoms with E-state index in [1.54, 1.807) is 0 Å². The molecule has 0 spiro atoms. The molecule has 0 fully saturated rings. The maximum Gasteiger partial charge on any atom is 0.226 e. The molecule has 0 radical (unpaired) electrons. The van der Waals surface area contributed by atoms with Crippen LogP contribution in [0.25, 0.3) is 0 Å². The van der Waals surface area contributed by atoms with Crippen LogP contribution in [0.1, 0.15) is 31.7 Å². The summed E-state index contributed by atoms with van der Waals surface area (Å²) in [6.07, 6.45) is 3.57. The molecule has 1 aromatic carbocycles. The molecule has 1 aromatic rings. The van der Waals surface area contributed by atoms with Crippen molar-refractivity contribution in [1.82, 2.24) is 0 Å². The maximum absolute atomic E-state index is 12.2. The van der Waals surface area contributed by atoms with E-state index in [0.717, 1.165) is 48.7 Å². The smallest absolute Gasteiger partial charge is 0.226 e. The Balaban J connectivity index is 2.13. The summed E-state index contributed by atoms with van der Waals surface area (Å²) in [5, 5.41) is 0. The first-order chi connectivity index (χ1) is 9.22. The summed E-state index contributed by atoms with van der Waals surface area (Å²) in [5.74, 6) is 2.51. The molecule has 3 nitrogen and oxygen atoms in total. The van der Waals surface area contributed by atoms with Gasteiger partial charge in [-0.1, -0.05) is 6.92 Å². The molecule has 0 unspecified atom stereocenters. The van der Waals surface area contributed by atoms with Gasteiger partial charge in [-0.2, -0.15) is 11.8 Å². The van der Waals surface area contributed by atoms with E-state index in [2.05, 4.69) is 6.92 Å². The predicted octanol–water partition coefficient (Wildman–Crippen LogP) is 3.08. The van der Waals surface area contributed by atoms with Gasteiger partial charge in [-0.15, -0.1) is 0 Å². The predicted molar refractivity (Wildman–Crippen MR) is 83.8 cm³/mol. The number of carbonyl (C=O) groups excluding carboxylic acids is 1. The second-order valence-electron chi connectivity index (χ2n) is 4.84. The molecule has 1 heterocycles. The Labute approximate surface area is 119 Å². The van der Waals surface area contributed by atoms with Crippen LogP contribution in [0.15, 0.2) is 18.2 Å². The molecule has 0 atom stereocenters. The van der Waals surface area contributed by atoms with Crippen molar-refractivity contribution in [2.75, 3.05) is 28.7 Å². The maximum atomic E-state index is 12.2. The number of nitrogens with zero attached hydrogens (tertiary/aromatic N) is 1. The fraction of sp³-hybridized carbons (Fsp3) is 0.533. The highest BCUT2D eigenvalue weighted by Gasteiger charge is 2.21. The average molecular weight is 278 g/mol. The van der Waals surface area contributed by atoms with Gasteiger partial charge in [0.15, 0.2) is 0 Å². The number of thioether (sulfide) groups is 1. The highest BCUT2D eigenvalue weighted by atomic mass is 32.2. The van der Waals surface area contributed by atoms with Gasteiger partial charge in [-0.05, 0) is 54.5 Å². The number of nitrogens with two attached hydrogens (primary N) is 1. The van der Waals surface area contributed by atoms with Crippen LogP contribution in [0, 0.1) is 0 Å². The SMILES string of the molecule is CCSCCCN1C(=O)CCCc2cc(N)ccc21. The molecule has 1 amide bonds. The van der Waals surface area contributed by atoms with Crippen LogP contribution in [0.3, 0.4) is 0 Å². The van der Waals surface area contributed by atoms with E-state index in [4.69, 9.17) is 5.73 Å². The zero-order valence-electron chi connectivity index (χ0n) is 11.5. The van der Waals surface area contributed by atoms with Crippen LogP contribution in [0.4, 0.5) is 11.4 Å². The fourth-order valence-electron chi connectivity index (χ4n) is 2.48. The number of amides is 1. The molecule has 0 bridgehead atoms. The highest BCUT2D eigenvalue weighted by molar-refractivity contribution is 7.99. The van der Waals surface area contributed by atoms with E-state index >= 15 is 0 Å². The first-order valence-electron chi connectivity index (χ1n) is 6.99. The van der Waals surface area contributed by atoms with Crippen molar-refractivity contribution in [2.45, 2.75) is 32.6 Å². The summed E-state index contributed by atoms with van der Waals surface area (Å²) in [5.41, 5.74) is 8.92. The molecule has 0 saturated carbocycles. The van der Waals surface area contributed by atoms with Gasteiger partial charge in [0.1, 0.15) is 0 Å². The molecule has 4 heteroatoms. The third-order valence-electron chi connectivity index (χ3n) is 3.41. The van der Waals surface area contributed by atoms with Gasteiger partial charge in [-0.25, -0.2) is 0 Å². The van der Waals surface area contributed by atoms with E-state index in [0.29, 0.717) is 6.42 Å². The van der Waals surface area contributed by atoms with E-state index in [9.17, 15) is 4.79 Å². The van der Waals surface area contributed by atoms with Gasteiger partial charge < -0.3 is 10.6 Å². The van der Waals surface area contributed by atoms with Crippen molar-refractivity contribution in [3.05, 3.63) is 23.8 Å². The topological polar surface area (TPSA) is 46.3 Å². The second kappa shape index (κ2) is 6.85. The molecular weight excluding hydrogens is 256 g/mol. The molecule has 0 aliphatic carbocycles.